The summed E-state index contributed by atoms with van der Waals surface area (Å²) in [6.07, 6.45) is 0. The van der Waals surface area contributed by atoms with Gasteiger partial charge in [-0.3, -0.25) is 10.1 Å². The summed E-state index contributed by atoms with van der Waals surface area (Å²) in [5, 5.41) is 10.7. The molecule has 16 heavy (non-hydrogen) atoms. The highest BCUT2D eigenvalue weighted by atomic mass is 16.6. The van der Waals surface area contributed by atoms with E-state index >= 15 is 0 Å². The largest absolute Gasteiger partial charge is 0.270 e. The van der Waals surface area contributed by atoms with Gasteiger partial charge in [-0.15, -0.1) is 0 Å². The molecule has 0 aliphatic carbocycles. The first-order valence-electron chi connectivity index (χ1n) is 4.99. The Balaban J connectivity index is 2.53. The van der Waals surface area contributed by atoms with Crippen molar-refractivity contribution in [1.82, 2.24) is 0 Å². The van der Waals surface area contributed by atoms with E-state index in [0.717, 1.165) is 16.7 Å². The van der Waals surface area contributed by atoms with E-state index in [2.05, 4.69) is 0 Å². The fourth-order valence-electron chi connectivity index (χ4n) is 1.68. The van der Waals surface area contributed by atoms with Crippen LogP contribution in [0.25, 0.3) is 11.1 Å². The molecule has 3 nitrogen and oxygen atoms in total. The molecule has 0 N–H and O–H groups in total. The minimum Gasteiger partial charge on any atom is -0.258 e. The molecule has 2 aromatic rings. The molecule has 2 aromatic carbocycles. The van der Waals surface area contributed by atoms with Crippen LogP contribution >= 0.6 is 0 Å². The van der Waals surface area contributed by atoms with E-state index in [9.17, 15) is 10.1 Å². The number of rotatable bonds is 2. The lowest BCUT2D eigenvalue weighted by molar-refractivity contribution is -0.384. The topological polar surface area (TPSA) is 43.1 Å². The van der Waals surface area contributed by atoms with E-state index in [0.29, 0.717) is 0 Å². The molecule has 0 unspecified atom stereocenters. The molecule has 0 heterocycles. The number of nitrogens with zero attached hydrogens (tertiary/aromatic N) is 1. The van der Waals surface area contributed by atoms with Crippen molar-refractivity contribution in [3.63, 3.8) is 0 Å². The standard InChI is InChI=1S/C13H11NO2/c1-10-5-2-3-8-13(10)11-6-4-7-12(9-11)14(15)16/h2-9H,1H3. The molecule has 0 aliphatic heterocycles. The zero-order valence-corrected chi connectivity index (χ0v) is 8.88. The van der Waals surface area contributed by atoms with Crippen molar-refractivity contribution < 1.29 is 4.92 Å². The van der Waals surface area contributed by atoms with Crippen LogP contribution in [0.5, 0.6) is 0 Å². The highest BCUT2D eigenvalue weighted by Gasteiger charge is 2.07. The smallest absolute Gasteiger partial charge is 0.258 e. The summed E-state index contributed by atoms with van der Waals surface area (Å²) >= 11 is 0. The minimum absolute atomic E-state index is 0.126. The summed E-state index contributed by atoms with van der Waals surface area (Å²) in [4.78, 5) is 10.3. The third-order valence-corrected chi connectivity index (χ3v) is 2.51. The van der Waals surface area contributed by atoms with Gasteiger partial charge in [-0.2, -0.15) is 0 Å². The number of aryl methyl sites for hydroxylation is 1. The van der Waals surface area contributed by atoms with E-state index in [1.165, 1.54) is 6.07 Å². The Kier molecular flexibility index (Phi) is 2.68. The molecule has 0 fully saturated rings. The Morgan fingerprint density at radius 3 is 2.50 bits per heavy atom. The van der Waals surface area contributed by atoms with E-state index in [-0.39, 0.29) is 10.6 Å². The van der Waals surface area contributed by atoms with Crippen molar-refractivity contribution in [2.75, 3.05) is 0 Å². The quantitative estimate of drug-likeness (QED) is 0.565. The van der Waals surface area contributed by atoms with Gasteiger partial charge < -0.3 is 0 Å². The van der Waals surface area contributed by atoms with Gasteiger partial charge >= 0.3 is 0 Å². The average Bonchev–Trinajstić information content (AvgIpc) is 2.30. The number of non-ortho nitro benzene ring substituents is 1. The lowest BCUT2D eigenvalue weighted by Crippen LogP contribution is -1.89. The lowest BCUT2D eigenvalue weighted by atomic mass is 10.0. The van der Waals surface area contributed by atoms with Crippen molar-refractivity contribution in [1.29, 1.82) is 0 Å². The molecule has 0 saturated heterocycles. The van der Waals surface area contributed by atoms with Gasteiger partial charge in [0, 0.05) is 12.1 Å². The van der Waals surface area contributed by atoms with Crippen LogP contribution < -0.4 is 0 Å². The summed E-state index contributed by atoms with van der Waals surface area (Å²) < 4.78 is 0. The molecule has 0 amide bonds. The minimum atomic E-state index is -0.373. The molecule has 0 radical (unpaired) electrons. The number of hydrogen-bond donors (Lipinski definition) is 0. The van der Waals surface area contributed by atoms with Gasteiger partial charge in [-0.25, -0.2) is 0 Å². The van der Waals surface area contributed by atoms with Crippen LogP contribution in [-0.2, 0) is 0 Å². The summed E-state index contributed by atoms with van der Waals surface area (Å²) in [5.74, 6) is 0. The van der Waals surface area contributed by atoms with Crippen molar-refractivity contribution in [2.24, 2.45) is 0 Å². The number of nitro benzene ring substituents is 1. The van der Waals surface area contributed by atoms with Crippen LogP contribution in [0, 0.1) is 17.0 Å². The molecule has 0 atom stereocenters. The number of benzene rings is 2. The lowest BCUT2D eigenvalue weighted by Gasteiger charge is -2.04. The predicted molar refractivity (Wildman–Crippen MR) is 63.3 cm³/mol. The highest BCUT2D eigenvalue weighted by molar-refractivity contribution is 5.69. The van der Waals surface area contributed by atoms with Gasteiger partial charge in [-0.05, 0) is 23.6 Å². The second kappa shape index (κ2) is 4.14. The Labute approximate surface area is 93.5 Å². The summed E-state index contributed by atoms with van der Waals surface area (Å²) in [5.41, 5.74) is 3.15. The monoisotopic (exact) mass is 213 g/mol. The van der Waals surface area contributed by atoms with Crippen LogP contribution in [0.1, 0.15) is 5.56 Å². The molecule has 0 spiro atoms. The maximum Gasteiger partial charge on any atom is 0.270 e. The Morgan fingerprint density at radius 1 is 1.06 bits per heavy atom. The first-order valence-corrected chi connectivity index (χ1v) is 4.99. The van der Waals surface area contributed by atoms with Gasteiger partial charge in [0.15, 0.2) is 0 Å². The average molecular weight is 213 g/mol. The van der Waals surface area contributed by atoms with Crippen LogP contribution in [0.3, 0.4) is 0 Å². The number of nitro groups is 1. The van der Waals surface area contributed by atoms with E-state index < -0.39 is 0 Å². The Hall–Kier alpha value is -2.16. The van der Waals surface area contributed by atoms with Crippen LogP contribution in [0.4, 0.5) is 5.69 Å². The van der Waals surface area contributed by atoms with Crippen molar-refractivity contribution in [3.8, 4) is 11.1 Å². The van der Waals surface area contributed by atoms with Crippen LogP contribution in [-0.4, -0.2) is 4.92 Å². The maximum absolute atomic E-state index is 10.7. The Morgan fingerprint density at radius 2 is 1.81 bits per heavy atom. The molecule has 0 aromatic heterocycles. The van der Waals surface area contributed by atoms with Gasteiger partial charge in [0.25, 0.3) is 5.69 Å². The summed E-state index contributed by atoms with van der Waals surface area (Å²) in [7, 11) is 0. The molecule has 0 saturated carbocycles. The molecule has 0 bridgehead atoms. The van der Waals surface area contributed by atoms with E-state index in [1.54, 1.807) is 12.1 Å². The summed E-state index contributed by atoms with van der Waals surface area (Å²) in [6, 6.07) is 14.5. The van der Waals surface area contributed by atoms with Gasteiger partial charge in [-0.1, -0.05) is 36.4 Å². The third kappa shape index (κ3) is 1.93. The first kappa shape index (κ1) is 10.4. The number of hydrogen-bond acceptors (Lipinski definition) is 2. The zero-order valence-electron chi connectivity index (χ0n) is 8.88. The third-order valence-electron chi connectivity index (χ3n) is 2.51. The zero-order chi connectivity index (χ0) is 11.5. The molecule has 2 rings (SSSR count). The molecular weight excluding hydrogens is 202 g/mol. The molecule has 3 heteroatoms. The fourth-order valence-corrected chi connectivity index (χ4v) is 1.68. The van der Waals surface area contributed by atoms with Crippen LogP contribution in [0.15, 0.2) is 48.5 Å². The highest BCUT2D eigenvalue weighted by Crippen LogP contribution is 2.26. The van der Waals surface area contributed by atoms with Crippen molar-refractivity contribution in [2.45, 2.75) is 6.92 Å². The normalized spacial score (nSPS) is 10.1. The predicted octanol–water partition coefficient (Wildman–Crippen LogP) is 3.57. The van der Waals surface area contributed by atoms with Gasteiger partial charge in [0.2, 0.25) is 0 Å². The molecule has 0 aliphatic rings. The molecule has 80 valence electrons. The first-order chi connectivity index (χ1) is 7.68. The second-order valence-electron chi connectivity index (χ2n) is 3.62. The van der Waals surface area contributed by atoms with E-state index in [4.69, 9.17) is 0 Å². The summed E-state index contributed by atoms with van der Waals surface area (Å²) in [6.45, 7) is 1.99. The van der Waals surface area contributed by atoms with E-state index in [1.807, 2.05) is 37.3 Å². The second-order valence-corrected chi connectivity index (χ2v) is 3.62. The van der Waals surface area contributed by atoms with Crippen molar-refractivity contribution in [3.05, 3.63) is 64.2 Å². The Bertz CT molecular complexity index is 535. The molecular formula is C13H11NO2. The van der Waals surface area contributed by atoms with Gasteiger partial charge in [0.1, 0.15) is 0 Å². The van der Waals surface area contributed by atoms with Gasteiger partial charge in [0.05, 0.1) is 4.92 Å². The van der Waals surface area contributed by atoms with Crippen LogP contribution in [0.2, 0.25) is 0 Å². The SMILES string of the molecule is Cc1ccccc1-c1cccc([N+](=O)[O-])c1. The van der Waals surface area contributed by atoms with Crippen molar-refractivity contribution >= 4 is 5.69 Å². The fraction of sp³-hybridized carbons (Fsp3) is 0.0769. The maximum atomic E-state index is 10.7.